The summed E-state index contributed by atoms with van der Waals surface area (Å²) in [5.41, 5.74) is -2.49. The summed E-state index contributed by atoms with van der Waals surface area (Å²) < 4.78 is 7.29. The minimum atomic E-state index is -0.861. The number of allylic oxidation sites excluding steroid dienone is 2. The molecule has 1 aromatic rings. The van der Waals surface area contributed by atoms with E-state index in [0.717, 1.165) is 9.13 Å². The Hall–Kier alpha value is -2.68. The molecule has 1 aromatic heterocycles. The summed E-state index contributed by atoms with van der Waals surface area (Å²) in [6, 6.07) is -0.285. The van der Waals surface area contributed by atoms with Gasteiger partial charge in [0.05, 0.1) is 19.7 Å². The lowest BCUT2D eigenvalue weighted by Gasteiger charge is -2.15. The quantitative estimate of drug-likeness (QED) is 0.563. The van der Waals surface area contributed by atoms with Crippen molar-refractivity contribution in [3.63, 3.8) is 0 Å². The Morgan fingerprint density at radius 3 is 1.96 bits per heavy atom. The lowest BCUT2D eigenvalue weighted by atomic mass is 10.3. The molecule has 0 aliphatic heterocycles. The van der Waals surface area contributed by atoms with E-state index in [2.05, 4.69) is 18.5 Å². The number of amides is 1. The van der Waals surface area contributed by atoms with Gasteiger partial charge < -0.3 is 10.1 Å². The van der Waals surface area contributed by atoms with E-state index in [4.69, 9.17) is 4.74 Å². The number of hydrogen-bond acceptors (Lipinski definition) is 5. The Bertz CT molecular complexity index is 738. The van der Waals surface area contributed by atoms with Crippen LogP contribution in [0.3, 0.4) is 0 Å². The number of nitrogens with one attached hydrogen (secondary N) is 1. The first-order chi connectivity index (χ1) is 11.4. The number of methoxy groups -OCH3 is 1. The van der Waals surface area contributed by atoms with E-state index in [0.29, 0.717) is 4.57 Å². The molecule has 1 atom stereocenters. The number of hydrogen-bond donors (Lipinski definition) is 1. The molecule has 0 spiro atoms. The lowest BCUT2D eigenvalue weighted by molar-refractivity contribution is -0.122. The summed E-state index contributed by atoms with van der Waals surface area (Å²) >= 11 is 0. The SMILES string of the molecule is C=CCn1c(=O)n(CC=C)c(=O)n(CC(=O)N[C@H](C)COC)c1=O. The molecule has 0 aromatic carbocycles. The van der Waals surface area contributed by atoms with Gasteiger partial charge in [-0.2, -0.15) is 0 Å². The van der Waals surface area contributed by atoms with Crippen LogP contribution in [0.25, 0.3) is 0 Å². The molecule has 0 fully saturated rings. The fourth-order valence-corrected chi connectivity index (χ4v) is 2.14. The van der Waals surface area contributed by atoms with Crippen LogP contribution in [0.1, 0.15) is 6.92 Å². The fourth-order valence-electron chi connectivity index (χ4n) is 2.14. The third-order valence-electron chi connectivity index (χ3n) is 3.13. The maximum absolute atomic E-state index is 12.3. The van der Waals surface area contributed by atoms with Crippen LogP contribution < -0.4 is 22.4 Å². The van der Waals surface area contributed by atoms with Gasteiger partial charge in [0.2, 0.25) is 5.91 Å². The molecule has 0 aliphatic rings. The standard InChI is InChI=1S/C15H22N4O5/c1-5-7-17-13(21)18(8-6-2)15(23)19(14(17)22)9-12(20)16-11(3)10-24-4/h5-6,11H,1-2,7-10H2,3-4H3,(H,16,20)/t11-/m1/s1. The van der Waals surface area contributed by atoms with Gasteiger partial charge >= 0.3 is 17.1 Å². The summed E-state index contributed by atoms with van der Waals surface area (Å²) in [7, 11) is 1.49. The third-order valence-corrected chi connectivity index (χ3v) is 3.13. The minimum absolute atomic E-state index is 0.0726. The van der Waals surface area contributed by atoms with Crippen molar-refractivity contribution in [2.24, 2.45) is 0 Å². The third kappa shape index (κ3) is 4.42. The summed E-state index contributed by atoms with van der Waals surface area (Å²) in [5.74, 6) is -0.535. The number of rotatable bonds is 9. The topological polar surface area (TPSA) is 104 Å². The van der Waals surface area contributed by atoms with Crippen molar-refractivity contribution in [3.8, 4) is 0 Å². The first kappa shape index (κ1) is 19.4. The Morgan fingerprint density at radius 1 is 1.08 bits per heavy atom. The molecule has 1 heterocycles. The molecule has 0 saturated heterocycles. The highest BCUT2D eigenvalue weighted by molar-refractivity contribution is 5.75. The molecule has 1 N–H and O–H groups in total. The van der Waals surface area contributed by atoms with Crippen molar-refractivity contribution in [1.82, 2.24) is 19.0 Å². The zero-order valence-electron chi connectivity index (χ0n) is 13.9. The molecule has 9 nitrogen and oxygen atoms in total. The molecule has 9 heteroatoms. The maximum atomic E-state index is 12.3. The summed E-state index contributed by atoms with van der Waals surface area (Å²) in [5, 5.41) is 2.60. The van der Waals surface area contributed by atoms with Crippen molar-refractivity contribution in [3.05, 3.63) is 56.8 Å². The first-order valence-electron chi connectivity index (χ1n) is 7.31. The highest BCUT2D eigenvalue weighted by Gasteiger charge is 2.17. The molecule has 0 saturated carbocycles. The minimum Gasteiger partial charge on any atom is -0.383 e. The molecule has 24 heavy (non-hydrogen) atoms. The van der Waals surface area contributed by atoms with E-state index in [-0.39, 0.29) is 25.7 Å². The smallest absolute Gasteiger partial charge is 0.337 e. The Balaban J connectivity index is 3.32. The molecule has 1 amide bonds. The van der Waals surface area contributed by atoms with Crippen LogP contribution in [0.4, 0.5) is 0 Å². The first-order valence-corrected chi connectivity index (χ1v) is 7.31. The summed E-state index contributed by atoms with van der Waals surface area (Å²) in [4.78, 5) is 48.9. The van der Waals surface area contributed by atoms with E-state index >= 15 is 0 Å². The van der Waals surface area contributed by atoms with Crippen molar-refractivity contribution in [2.75, 3.05) is 13.7 Å². The van der Waals surface area contributed by atoms with E-state index < -0.39 is 29.5 Å². The van der Waals surface area contributed by atoms with Crippen LogP contribution in [0.2, 0.25) is 0 Å². The number of carbonyl (C=O) groups is 1. The van der Waals surface area contributed by atoms with Gasteiger partial charge in [-0.25, -0.2) is 28.1 Å². The zero-order chi connectivity index (χ0) is 18.3. The lowest BCUT2D eigenvalue weighted by Crippen LogP contribution is -2.56. The Morgan fingerprint density at radius 2 is 1.54 bits per heavy atom. The van der Waals surface area contributed by atoms with Crippen molar-refractivity contribution in [2.45, 2.75) is 32.6 Å². The van der Waals surface area contributed by atoms with E-state index in [1.807, 2.05) is 0 Å². The van der Waals surface area contributed by atoms with Crippen LogP contribution in [0, 0.1) is 0 Å². The highest BCUT2D eigenvalue weighted by Crippen LogP contribution is 1.85. The number of aromatic nitrogens is 3. The van der Waals surface area contributed by atoms with Gasteiger partial charge in [-0.3, -0.25) is 4.79 Å². The predicted molar refractivity (Wildman–Crippen MR) is 89.1 cm³/mol. The van der Waals surface area contributed by atoms with Gasteiger partial charge in [0.25, 0.3) is 0 Å². The average Bonchev–Trinajstić information content (AvgIpc) is 2.52. The zero-order valence-corrected chi connectivity index (χ0v) is 13.9. The van der Waals surface area contributed by atoms with Gasteiger partial charge in [0, 0.05) is 13.2 Å². The number of ether oxygens (including phenoxy) is 1. The Labute approximate surface area is 138 Å². The van der Waals surface area contributed by atoms with Gasteiger partial charge in [-0.15, -0.1) is 13.2 Å². The summed E-state index contributed by atoms with van der Waals surface area (Å²) in [6.07, 6.45) is 2.72. The highest BCUT2D eigenvalue weighted by atomic mass is 16.5. The molecular weight excluding hydrogens is 316 g/mol. The van der Waals surface area contributed by atoms with Gasteiger partial charge in [-0.05, 0) is 6.92 Å². The normalized spacial score (nSPS) is 11.8. The molecule has 0 aliphatic carbocycles. The average molecular weight is 338 g/mol. The number of carbonyl (C=O) groups excluding carboxylic acids is 1. The molecule has 0 unspecified atom stereocenters. The molecule has 132 valence electrons. The van der Waals surface area contributed by atoms with Gasteiger partial charge in [-0.1, -0.05) is 12.2 Å². The van der Waals surface area contributed by atoms with Crippen molar-refractivity contribution < 1.29 is 9.53 Å². The largest absolute Gasteiger partial charge is 0.383 e. The molecular formula is C15H22N4O5. The van der Waals surface area contributed by atoms with Crippen LogP contribution >= 0.6 is 0 Å². The van der Waals surface area contributed by atoms with Crippen LogP contribution in [-0.2, 0) is 29.2 Å². The fraction of sp³-hybridized carbons (Fsp3) is 0.467. The van der Waals surface area contributed by atoms with Crippen LogP contribution in [0.15, 0.2) is 39.7 Å². The van der Waals surface area contributed by atoms with E-state index in [1.54, 1.807) is 6.92 Å². The molecule has 0 radical (unpaired) electrons. The maximum Gasteiger partial charge on any atom is 0.337 e. The van der Waals surface area contributed by atoms with E-state index in [9.17, 15) is 19.2 Å². The van der Waals surface area contributed by atoms with Crippen molar-refractivity contribution >= 4 is 5.91 Å². The van der Waals surface area contributed by atoms with Crippen molar-refractivity contribution in [1.29, 1.82) is 0 Å². The molecule has 1 rings (SSSR count). The van der Waals surface area contributed by atoms with Gasteiger partial charge in [0.1, 0.15) is 6.54 Å². The monoisotopic (exact) mass is 338 g/mol. The second kappa shape index (κ2) is 8.82. The Kier molecular flexibility index (Phi) is 7.12. The predicted octanol–water partition coefficient (Wildman–Crippen LogP) is -1.31. The summed E-state index contributed by atoms with van der Waals surface area (Å²) in [6.45, 7) is 8.32. The second-order valence-electron chi connectivity index (χ2n) is 5.16. The van der Waals surface area contributed by atoms with Gasteiger partial charge in [0.15, 0.2) is 0 Å². The van der Waals surface area contributed by atoms with Crippen LogP contribution in [-0.4, -0.2) is 39.4 Å². The van der Waals surface area contributed by atoms with E-state index in [1.165, 1.54) is 19.3 Å². The van der Waals surface area contributed by atoms with Crippen LogP contribution in [0.5, 0.6) is 0 Å². The second-order valence-corrected chi connectivity index (χ2v) is 5.16. The molecule has 0 bridgehead atoms. The number of nitrogens with zero attached hydrogens (tertiary/aromatic N) is 3.